The van der Waals surface area contributed by atoms with Crippen LogP contribution in [0.25, 0.3) is 65.7 Å². The van der Waals surface area contributed by atoms with E-state index < -0.39 is 0 Å². The van der Waals surface area contributed by atoms with Crippen LogP contribution in [0.5, 0.6) is 0 Å². The molecule has 2 heterocycles. The summed E-state index contributed by atoms with van der Waals surface area (Å²) in [6.45, 7) is 0. The van der Waals surface area contributed by atoms with Gasteiger partial charge in [-0.2, -0.15) is 0 Å². The van der Waals surface area contributed by atoms with Crippen molar-refractivity contribution in [3.05, 3.63) is 193 Å². The molecule has 1 aliphatic rings. The van der Waals surface area contributed by atoms with Crippen molar-refractivity contribution in [2.45, 2.75) is 6.17 Å². The quantitative estimate of drug-likeness (QED) is 0.201. The minimum Gasteiger partial charge on any atom is -0.456 e. The predicted octanol–water partition coefficient (Wildman–Crippen LogP) is 11.7. The van der Waals surface area contributed by atoms with Gasteiger partial charge in [0.1, 0.15) is 23.2 Å². The topological polar surface area (TPSA) is 49.9 Å². The monoisotopic (exact) mass is 653 g/mol. The lowest BCUT2D eigenvalue weighted by atomic mass is 9.92. The molecule has 0 bridgehead atoms. The average Bonchev–Trinajstić information content (AvgIpc) is 3.59. The van der Waals surface area contributed by atoms with Gasteiger partial charge in [-0.05, 0) is 79.7 Å². The van der Waals surface area contributed by atoms with Gasteiger partial charge in [-0.1, -0.05) is 146 Å². The first-order chi connectivity index (χ1) is 25.2. The van der Waals surface area contributed by atoms with E-state index in [1.54, 1.807) is 0 Å². The third-order valence-electron chi connectivity index (χ3n) is 9.93. The van der Waals surface area contributed by atoms with Crippen LogP contribution in [-0.2, 0) is 0 Å². The molecule has 1 atom stereocenters. The molecule has 0 aliphatic carbocycles. The summed E-state index contributed by atoms with van der Waals surface area (Å²) in [6.07, 6.45) is -0.365. The largest absolute Gasteiger partial charge is 0.456 e. The molecule has 0 spiro atoms. The van der Waals surface area contributed by atoms with Gasteiger partial charge in [-0.3, -0.25) is 0 Å². The number of fused-ring (bicyclic) bond motifs is 5. The van der Waals surface area contributed by atoms with Gasteiger partial charge in [-0.15, -0.1) is 0 Å². The molecule has 4 nitrogen and oxygen atoms in total. The molecular weight excluding hydrogens is 623 g/mol. The molecule has 0 radical (unpaired) electrons. The number of para-hydroxylation sites is 1. The van der Waals surface area contributed by atoms with Crippen LogP contribution >= 0.6 is 0 Å². The van der Waals surface area contributed by atoms with Crippen molar-refractivity contribution in [2.24, 2.45) is 9.98 Å². The standard InChI is InChI=1S/C47H31N3O/c1-2-12-33(13-3-1)45-48-46(34-22-18-32(19-23-34)37-24-20-30-10-4-6-14-35(30)28-37)50-47(49-45)44-39(38-25-21-31-11-5-7-15-36(31)29-38)26-27-42-43(44)40-16-8-9-17-41(40)51-42/h1-29,46H,(H,48,49,50). The lowest BCUT2D eigenvalue weighted by Gasteiger charge is -2.25. The fourth-order valence-corrected chi connectivity index (χ4v) is 7.35. The Morgan fingerprint density at radius 2 is 1.10 bits per heavy atom. The first kappa shape index (κ1) is 29.2. The summed E-state index contributed by atoms with van der Waals surface area (Å²) in [4.78, 5) is 10.7. The molecular formula is C47H31N3O. The maximum absolute atomic E-state index is 6.43. The lowest BCUT2D eigenvalue weighted by molar-refractivity contribution is 0.668. The summed E-state index contributed by atoms with van der Waals surface area (Å²) in [5, 5.41) is 10.6. The summed E-state index contributed by atoms with van der Waals surface area (Å²) in [6, 6.07) is 61.7. The van der Waals surface area contributed by atoms with Gasteiger partial charge in [0, 0.05) is 21.9 Å². The van der Waals surface area contributed by atoms with Crippen LogP contribution in [0.4, 0.5) is 0 Å². The Kier molecular flexibility index (Phi) is 6.85. The third-order valence-corrected chi connectivity index (χ3v) is 9.93. The highest BCUT2D eigenvalue weighted by Gasteiger charge is 2.26. The Labute approximate surface area is 295 Å². The smallest absolute Gasteiger partial charge is 0.160 e. The highest BCUT2D eigenvalue weighted by Crippen LogP contribution is 2.39. The van der Waals surface area contributed by atoms with Gasteiger partial charge < -0.3 is 9.73 Å². The second kappa shape index (κ2) is 12.0. The fourth-order valence-electron chi connectivity index (χ4n) is 7.35. The summed E-state index contributed by atoms with van der Waals surface area (Å²) in [5.41, 5.74) is 9.17. The van der Waals surface area contributed by atoms with Gasteiger partial charge in [0.05, 0.1) is 0 Å². The van der Waals surface area contributed by atoms with E-state index in [-0.39, 0.29) is 6.17 Å². The molecule has 4 heteroatoms. The Morgan fingerprint density at radius 1 is 0.471 bits per heavy atom. The van der Waals surface area contributed by atoms with Crippen molar-refractivity contribution in [1.29, 1.82) is 0 Å². The Morgan fingerprint density at radius 3 is 1.86 bits per heavy atom. The van der Waals surface area contributed by atoms with Crippen LogP contribution in [0, 0.1) is 0 Å². The third kappa shape index (κ3) is 5.17. The fraction of sp³-hybridized carbons (Fsp3) is 0.0213. The molecule has 0 amide bonds. The number of rotatable bonds is 5. The molecule has 0 fully saturated rings. The van der Waals surface area contributed by atoms with Crippen molar-refractivity contribution < 1.29 is 4.42 Å². The molecule has 8 aromatic carbocycles. The zero-order valence-electron chi connectivity index (χ0n) is 27.6. The number of benzene rings is 8. The van der Waals surface area contributed by atoms with E-state index in [4.69, 9.17) is 14.4 Å². The molecule has 51 heavy (non-hydrogen) atoms. The van der Waals surface area contributed by atoms with Crippen molar-refractivity contribution >= 4 is 55.2 Å². The first-order valence-corrected chi connectivity index (χ1v) is 17.3. The molecule has 0 saturated heterocycles. The van der Waals surface area contributed by atoms with Crippen molar-refractivity contribution in [3.63, 3.8) is 0 Å². The van der Waals surface area contributed by atoms with Gasteiger partial charge in [0.15, 0.2) is 5.84 Å². The van der Waals surface area contributed by atoms with Crippen LogP contribution in [-0.4, -0.2) is 11.7 Å². The molecule has 1 aromatic heterocycles. The van der Waals surface area contributed by atoms with E-state index in [0.717, 1.165) is 61.2 Å². The van der Waals surface area contributed by atoms with Gasteiger partial charge >= 0.3 is 0 Å². The summed E-state index contributed by atoms with van der Waals surface area (Å²) >= 11 is 0. The van der Waals surface area contributed by atoms with E-state index in [0.29, 0.717) is 5.84 Å². The number of furan rings is 1. The van der Waals surface area contributed by atoms with E-state index >= 15 is 0 Å². The highest BCUT2D eigenvalue weighted by atomic mass is 16.3. The molecule has 9 aromatic rings. The maximum atomic E-state index is 6.43. The van der Waals surface area contributed by atoms with Gasteiger partial charge in [0.2, 0.25) is 0 Å². The first-order valence-electron chi connectivity index (χ1n) is 17.3. The van der Waals surface area contributed by atoms with E-state index in [1.807, 2.05) is 30.3 Å². The maximum Gasteiger partial charge on any atom is 0.160 e. The van der Waals surface area contributed by atoms with Crippen LogP contribution in [0.1, 0.15) is 22.9 Å². The zero-order chi connectivity index (χ0) is 33.7. The minimum atomic E-state index is -0.365. The van der Waals surface area contributed by atoms with Crippen LogP contribution < -0.4 is 5.32 Å². The molecule has 0 saturated carbocycles. The summed E-state index contributed by atoms with van der Waals surface area (Å²) in [5.74, 6) is 1.44. The Bertz CT molecular complexity index is 2830. The second-order valence-corrected chi connectivity index (χ2v) is 13.0. The zero-order valence-corrected chi connectivity index (χ0v) is 27.6. The van der Waals surface area contributed by atoms with E-state index in [1.165, 1.54) is 27.1 Å². The van der Waals surface area contributed by atoms with Crippen molar-refractivity contribution in [1.82, 2.24) is 5.32 Å². The van der Waals surface area contributed by atoms with Crippen LogP contribution in [0.2, 0.25) is 0 Å². The van der Waals surface area contributed by atoms with Crippen molar-refractivity contribution in [2.75, 3.05) is 0 Å². The van der Waals surface area contributed by atoms with Crippen LogP contribution in [0.15, 0.2) is 190 Å². The number of nitrogens with zero attached hydrogens (tertiary/aromatic N) is 2. The van der Waals surface area contributed by atoms with E-state index in [2.05, 4.69) is 151 Å². The number of amidine groups is 2. The number of aliphatic imine (C=N–C) groups is 2. The predicted molar refractivity (Wildman–Crippen MR) is 211 cm³/mol. The highest BCUT2D eigenvalue weighted by molar-refractivity contribution is 6.25. The summed E-state index contributed by atoms with van der Waals surface area (Å²) in [7, 11) is 0. The molecule has 1 N–H and O–H groups in total. The van der Waals surface area contributed by atoms with Gasteiger partial charge in [-0.25, -0.2) is 9.98 Å². The normalized spacial score (nSPS) is 14.5. The lowest BCUT2D eigenvalue weighted by Crippen LogP contribution is -2.33. The number of hydrogen-bond acceptors (Lipinski definition) is 4. The van der Waals surface area contributed by atoms with Crippen molar-refractivity contribution in [3.8, 4) is 22.3 Å². The SMILES string of the molecule is c1ccc(C2=NC(c3c(-c4ccc5ccccc5c4)ccc4oc5ccccc5c34)=NC(c3ccc(-c4ccc5ccccc5c4)cc3)N2)cc1. The Hall–Kier alpha value is -6.78. The van der Waals surface area contributed by atoms with Gasteiger partial charge in [0.25, 0.3) is 0 Å². The molecule has 240 valence electrons. The van der Waals surface area contributed by atoms with E-state index in [9.17, 15) is 0 Å². The molecule has 1 unspecified atom stereocenters. The average molecular weight is 654 g/mol. The summed E-state index contributed by atoms with van der Waals surface area (Å²) < 4.78 is 6.43. The molecule has 1 aliphatic heterocycles. The number of hydrogen-bond donors (Lipinski definition) is 1. The Balaban J connectivity index is 1.16. The van der Waals surface area contributed by atoms with Crippen LogP contribution in [0.3, 0.4) is 0 Å². The second-order valence-electron chi connectivity index (χ2n) is 13.0. The minimum absolute atomic E-state index is 0.365. The number of nitrogens with one attached hydrogen (secondary N) is 1. The molecule has 10 rings (SSSR count).